The van der Waals surface area contributed by atoms with Crippen molar-refractivity contribution in [3.63, 3.8) is 0 Å². The Balaban J connectivity index is 1.79. The maximum absolute atomic E-state index is 5.44. The Labute approximate surface area is 94.3 Å². The molecule has 0 unspecified atom stereocenters. The quantitative estimate of drug-likeness (QED) is 0.577. The van der Waals surface area contributed by atoms with Crippen molar-refractivity contribution in [2.75, 3.05) is 26.9 Å². The second-order valence-corrected chi connectivity index (χ2v) is 4.60. The molecule has 1 fully saturated rings. The van der Waals surface area contributed by atoms with E-state index in [4.69, 9.17) is 9.47 Å². The summed E-state index contributed by atoms with van der Waals surface area (Å²) in [6.45, 7) is 2.39. The number of unbranched alkanes of at least 4 members (excludes halogenated alkanes) is 1. The molecule has 1 aliphatic carbocycles. The maximum atomic E-state index is 5.44. The molecule has 0 heterocycles. The molecule has 0 aromatic rings. The lowest BCUT2D eigenvalue weighted by atomic mass is 9.86. The second kappa shape index (κ2) is 9.17. The SMILES string of the molecule is COCCOCCCCC1CCCCC1. The summed E-state index contributed by atoms with van der Waals surface area (Å²) in [6, 6.07) is 0. The summed E-state index contributed by atoms with van der Waals surface area (Å²) in [5.41, 5.74) is 0. The summed E-state index contributed by atoms with van der Waals surface area (Å²) in [6.07, 6.45) is 11.3. The van der Waals surface area contributed by atoms with Crippen LogP contribution in [0, 0.1) is 5.92 Å². The van der Waals surface area contributed by atoms with E-state index in [0.29, 0.717) is 0 Å². The third kappa shape index (κ3) is 6.91. The topological polar surface area (TPSA) is 18.5 Å². The van der Waals surface area contributed by atoms with Gasteiger partial charge >= 0.3 is 0 Å². The van der Waals surface area contributed by atoms with Crippen molar-refractivity contribution in [3.8, 4) is 0 Å². The zero-order valence-electron chi connectivity index (χ0n) is 10.2. The first-order valence-electron chi connectivity index (χ1n) is 6.50. The van der Waals surface area contributed by atoms with E-state index in [1.165, 1.54) is 51.4 Å². The summed E-state index contributed by atoms with van der Waals surface area (Å²) in [4.78, 5) is 0. The third-order valence-electron chi connectivity index (χ3n) is 3.31. The molecule has 0 aliphatic heterocycles. The number of methoxy groups -OCH3 is 1. The summed E-state index contributed by atoms with van der Waals surface area (Å²) >= 11 is 0. The number of hydrogen-bond acceptors (Lipinski definition) is 2. The van der Waals surface area contributed by atoms with Crippen molar-refractivity contribution < 1.29 is 9.47 Å². The van der Waals surface area contributed by atoms with Gasteiger partial charge in [0.1, 0.15) is 0 Å². The van der Waals surface area contributed by atoms with Crippen molar-refractivity contribution in [2.24, 2.45) is 5.92 Å². The van der Waals surface area contributed by atoms with E-state index in [9.17, 15) is 0 Å². The molecule has 0 radical (unpaired) electrons. The molecule has 0 aromatic carbocycles. The highest BCUT2D eigenvalue weighted by Gasteiger charge is 2.12. The van der Waals surface area contributed by atoms with Gasteiger partial charge in [0.25, 0.3) is 0 Å². The molecule has 0 saturated heterocycles. The van der Waals surface area contributed by atoms with E-state index in [0.717, 1.165) is 25.7 Å². The predicted molar refractivity (Wildman–Crippen MR) is 63.1 cm³/mol. The molecule has 2 heteroatoms. The lowest BCUT2D eigenvalue weighted by Crippen LogP contribution is -2.07. The van der Waals surface area contributed by atoms with Gasteiger partial charge < -0.3 is 9.47 Å². The monoisotopic (exact) mass is 214 g/mol. The smallest absolute Gasteiger partial charge is 0.0700 e. The highest BCUT2D eigenvalue weighted by Crippen LogP contribution is 2.27. The molecule has 1 rings (SSSR count). The Morgan fingerprint density at radius 3 is 2.47 bits per heavy atom. The summed E-state index contributed by atoms with van der Waals surface area (Å²) < 4.78 is 10.4. The van der Waals surface area contributed by atoms with Crippen LogP contribution < -0.4 is 0 Å². The van der Waals surface area contributed by atoms with Gasteiger partial charge in [0.2, 0.25) is 0 Å². The van der Waals surface area contributed by atoms with Crippen LogP contribution >= 0.6 is 0 Å². The molecule has 0 atom stereocenters. The van der Waals surface area contributed by atoms with Crippen molar-refractivity contribution in [2.45, 2.75) is 51.4 Å². The highest BCUT2D eigenvalue weighted by molar-refractivity contribution is 4.65. The van der Waals surface area contributed by atoms with E-state index < -0.39 is 0 Å². The van der Waals surface area contributed by atoms with Gasteiger partial charge in [-0.2, -0.15) is 0 Å². The molecule has 1 saturated carbocycles. The molecule has 1 aliphatic rings. The van der Waals surface area contributed by atoms with Crippen LogP contribution in [0.2, 0.25) is 0 Å². The Morgan fingerprint density at radius 1 is 0.933 bits per heavy atom. The van der Waals surface area contributed by atoms with Crippen LogP contribution in [0.4, 0.5) is 0 Å². The van der Waals surface area contributed by atoms with Crippen LogP contribution in [-0.2, 0) is 9.47 Å². The molecule has 0 N–H and O–H groups in total. The summed E-state index contributed by atoms with van der Waals surface area (Å²) in [5, 5.41) is 0. The minimum atomic E-state index is 0.725. The highest BCUT2D eigenvalue weighted by atomic mass is 16.5. The molecule has 0 amide bonds. The summed E-state index contributed by atoms with van der Waals surface area (Å²) in [7, 11) is 1.71. The van der Waals surface area contributed by atoms with Crippen LogP contribution in [0.5, 0.6) is 0 Å². The zero-order valence-corrected chi connectivity index (χ0v) is 10.2. The van der Waals surface area contributed by atoms with Crippen LogP contribution in [0.15, 0.2) is 0 Å². The van der Waals surface area contributed by atoms with Crippen molar-refractivity contribution in [3.05, 3.63) is 0 Å². The largest absolute Gasteiger partial charge is 0.382 e. The molecule has 0 bridgehead atoms. The molecule has 15 heavy (non-hydrogen) atoms. The standard InChI is InChI=1S/C13H26O2/c1-14-11-12-15-10-6-5-9-13-7-3-2-4-8-13/h13H,2-12H2,1H3. The van der Waals surface area contributed by atoms with Gasteiger partial charge in [0, 0.05) is 13.7 Å². The van der Waals surface area contributed by atoms with Crippen molar-refractivity contribution in [1.82, 2.24) is 0 Å². The van der Waals surface area contributed by atoms with E-state index in [-0.39, 0.29) is 0 Å². The fourth-order valence-corrected chi connectivity index (χ4v) is 2.36. The normalized spacial score (nSPS) is 18.2. The van der Waals surface area contributed by atoms with Gasteiger partial charge in [-0.1, -0.05) is 44.9 Å². The first-order chi connectivity index (χ1) is 7.43. The fourth-order valence-electron chi connectivity index (χ4n) is 2.36. The van der Waals surface area contributed by atoms with Gasteiger partial charge in [0.15, 0.2) is 0 Å². The van der Waals surface area contributed by atoms with Gasteiger partial charge in [-0.05, 0) is 12.3 Å². The van der Waals surface area contributed by atoms with Crippen LogP contribution in [-0.4, -0.2) is 26.9 Å². The van der Waals surface area contributed by atoms with Crippen molar-refractivity contribution >= 4 is 0 Å². The molecule has 0 spiro atoms. The van der Waals surface area contributed by atoms with E-state index in [2.05, 4.69) is 0 Å². The first-order valence-corrected chi connectivity index (χ1v) is 6.50. The van der Waals surface area contributed by atoms with E-state index in [1.807, 2.05) is 0 Å². The lowest BCUT2D eigenvalue weighted by molar-refractivity contribution is 0.0680. The first kappa shape index (κ1) is 13.0. The molecule has 90 valence electrons. The Kier molecular flexibility index (Phi) is 7.94. The zero-order chi connectivity index (χ0) is 10.8. The minimum absolute atomic E-state index is 0.725. The number of hydrogen-bond donors (Lipinski definition) is 0. The Hall–Kier alpha value is -0.0800. The Bertz CT molecular complexity index is 130. The molecular formula is C13H26O2. The fraction of sp³-hybridized carbons (Fsp3) is 1.00. The average Bonchev–Trinajstić information content (AvgIpc) is 2.29. The van der Waals surface area contributed by atoms with Crippen molar-refractivity contribution in [1.29, 1.82) is 0 Å². The average molecular weight is 214 g/mol. The third-order valence-corrected chi connectivity index (χ3v) is 3.31. The van der Waals surface area contributed by atoms with Crippen LogP contribution in [0.25, 0.3) is 0 Å². The van der Waals surface area contributed by atoms with E-state index >= 15 is 0 Å². The number of rotatable bonds is 8. The lowest BCUT2D eigenvalue weighted by Gasteiger charge is -2.21. The number of ether oxygens (including phenoxy) is 2. The summed E-state index contributed by atoms with van der Waals surface area (Å²) in [5.74, 6) is 1.03. The molecule has 2 nitrogen and oxygen atoms in total. The van der Waals surface area contributed by atoms with Crippen LogP contribution in [0.1, 0.15) is 51.4 Å². The Morgan fingerprint density at radius 2 is 1.73 bits per heavy atom. The van der Waals surface area contributed by atoms with E-state index in [1.54, 1.807) is 7.11 Å². The van der Waals surface area contributed by atoms with Gasteiger partial charge in [-0.15, -0.1) is 0 Å². The second-order valence-electron chi connectivity index (χ2n) is 4.60. The minimum Gasteiger partial charge on any atom is -0.382 e. The maximum Gasteiger partial charge on any atom is 0.0700 e. The molecule has 0 aromatic heterocycles. The predicted octanol–water partition coefficient (Wildman–Crippen LogP) is 3.40. The van der Waals surface area contributed by atoms with Gasteiger partial charge in [-0.3, -0.25) is 0 Å². The van der Waals surface area contributed by atoms with Gasteiger partial charge in [-0.25, -0.2) is 0 Å². The van der Waals surface area contributed by atoms with Gasteiger partial charge in [0.05, 0.1) is 13.2 Å². The molecular weight excluding hydrogens is 188 g/mol. The van der Waals surface area contributed by atoms with Crippen LogP contribution in [0.3, 0.4) is 0 Å².